The number of nitrogens with zero attached hydrogens (tertiary/aromatic N) is 4. The van der Waals surface area contributed by atoms with Crippen molar-refractivity contribution in [3.8, 4) is 44.5 Å². The van der Waals surface area contributed by atoms with E-state index in [9.17, 15) is 0 Å². The molecule has 0 radical (unpaired) electrons. The van der Waals surface area contributed by atoms with Crippen molar-refractivity contribution in [1.82, 2.24) is 9.97 Å². The van der Waals surface area contributed by atoms with E-state index in [0.717, 1.165) is 44.5 Å². The summed E-state index contributed by atoms with van der Waals surface area (Å²) < 4.78 is 0. The summed E-state index contributed by atoms with van der Waals surface area (Å²) in [5.74, 6) is 0. The zero-order chi connectivity index (χ0) is 70.7. The largest absolute Gasteiger partial charge is 2.00 e. The second kappa shape index (κ2) is 29.6. The van der Waals surface area contributed by atoms with Gasteiger partial charge in [-0.3, -0.25) is 0 Å². The SMILES string of the molecule is Clc1cccc(Cl)c1C1=C2N=C(C(c3ccccc3)=C2c2ccccc2)C(c2c(Cl)cccc2Cl)=c2[n-]c(c(-c3ccccc3)c2-c2ccccc2)=C(c2c(Cl)cccc2Cl)C2=NC(=C(c3c(Cl)cccc3Cl)c3[n-]c1c(-c1ccccc1)c3-c1ccccc1)C(c1ccccc1)=C2c1ccccc1.[Zn+2]. The average molecular weight is 1560 g/mol. The van der Waals surface area contributed by atoms with Gasteiger partial charge in [0.2, 0.25) is 0 Å². The molecule has 0 atom stereocenters. The van der Waals surface area contributed by atoms with E-state index < -0.39 is 0 Å². The van der Waals surface area contributed by atoms with Crippen molar-refractivity contribution in [3.05, 3.63) is 434 Å². The molecule has 0 amide bonds. The van der Waals surface area contributed by atoms with Crippen LogP contribution in [0.1, 0.15) is 55.9 Å². The Morgan fingerprint density at radius 1 is 0.181 bits per heavy atom. The molecular weight excluding hydrogens is 1510 g/mol. The van der Waals surface area contributed by atoms with E-state index in [-0.39, 0.29) is 19.5 Å². The molecule has 2 aliphatic heterocycles. The van der Waals surface area contributed by atoms with Crippen LogP contribution in [-0.2, 0) is 19.5 Å². The Labute approximate surface area is 660 Å². The molecule has 0 saturated heterocycles. The molecule has 1 aliphatic carbocycles. The van der Waals surface area contributed by atoms with Gasteiger partial charge in [0, 0.05) is 84.7 Å². The summed E-state index contributed by atoms with van der Waals surface area (Å²) in [6, 6.07) is 104. The van der Waals surface area contributed by atoms with E-state index in [1.165, 1.54) is 0 Å². The molecule has 2 aromatic heterocycles. The first-order valence-corrected chi connectivity index (χ1v) is 36.6. The number of rotatable bonds is 12. The molecule has 13 heteroatoms. The van der Waals surface area contributed by atoms with Gasteiger partial charge in [0.05, 0.1) is 22.8 Å². The van der Waals surface area contributed by atoms with Crippen LogP contribution in [0.25, 0.3) is 89.1 Å². The Morgan fingerprint density at radius 2 is 0.390 bits per heavy atom. The fourth-order valence-electron chi connectivity index (χ4n) is 14.7. The minimum atomic E-state index is 0. The molecule has 105 heavy (non-hydrogen) atoms. The standard InChI is InChI=1S/C92H52Cl8N4.Zn/c93-61-45-25-46-62(94)77(61)81-85-69(53-29-9-1-10-30-53)70(54-31-11-2-12-32-54)86(101-85)82(78-63(95)47-26-48-64(78)96)88-73(57-37-17-5-18-38-57)74(58-39-19-6-20-40-58)90(103-88)84(80-67(99)51-28-52-68(80)100)92-76(60-43-23-8-24-44-60)75(59-41-21-7-22-42-59)91(104-92)83(79-65(97)49-27-50-66(79)98)89-72(56-35-15-4-16-36-56)71(87(81)102-89)55-33-13-3-14-34-55;/h1-52H;/q-2;+2. The third-order valence-corrected chi connectivity index (χ3v) is 21.6. The molecule has 3 aliphatic rings. The molecule has 498 valence electrons. The maximum absolute atomic E-state index is 7.97. The van der Waals surface area contributed by atoms with Gasteiger partial charge in [-0.2, -0.15) is 0 Å². The smallest absolute Gasteiger partial charge is 0.656 e. The molecule has 4 nitrogen and oxygen atoms in total. The number of hydrogen-bond acceptors (Lipinski definition) is 2. The van der Waals surface area contributed by atoms with Crippen LogP contribution >= 0.6 is 92.8 Å². The number of hydrogen-bond donors (Lipinski definition) is 0. The molecule has 0 fully saturated rings. The normalized spacial score (nSPS) is 13.6. The first kappa shape index (κ1) is 69.5. The van der Waals surface area contributed by atoms with Gasteiger partial charge in [-0.1, -0.05) is 360 Å². The monoisotopic (exact) mass is 1560 g/mol. The van der Waals surface area contributed by atoms with Crippen molar-refractivity contribution in [3.63, 3.8) is 0 Å². The molecule has 0 N–H and O–H groups in total. The number of benzene rings is 12. The maximum atomic E-state index is 7.97. The van der Waals surface area contributed by atoms with E-state index in [1.54, 1.807) is 0 Å². The minimum Gasteiger partial charge on any atom is -0.656 e. The Morgan fingerprint density at radius 3 is 0.638 bits per heavy atom. The van der Waals surface area contributed by atoms with Crippen molar-refractivity contribution in [2.45, 2.75) is 0 Å². The summed E-state index contributed by atoms with van der Waals surface area (Å²) in [6.45, 7) is 0. The fourth-order valence-corrected chi connectivity index (χ4v) is 17.1. The minimum absolute atomic E-state index is 0. The van der Waals surface area contributed by atoms with E-state index in [0.29, 0.717) is 174 Å². The molecule has 8 bridgehead atoms. The molecule has 0 saturated carbocycles. The van der Waals surface area contributed by atoms with Gasteiger partial charge in [0.15, 0.2) is 0 Å². The van der Waals surface area contributed by atoms with Gasteiger partial charge < -0.3 is 9.97 Å². The van der Waals surface area contributed by atoms with E-state index in [4.69, 9.17) is 113 Å². The van der Waals surface area contributed by atoms with Crippen molar-refractivity contribution in [2.24, 2.45) is 9.98 Å². The Balaban J connectivity index is 0.00000847. The quantitative estimate of drug-likeness (QED) is 0.114. The summed E-state index contributed by atoms with van der Waals surface area (Å²) in [5, 5.41) is 3.57. The summed E-state index contributed by atoms with van der Waals surface area (Å²) >= 11 is 63.7. The second-order valence-electron chi connectivity index (χ2n) is 25.1. The van der Waals surface area contributed by atoms with Crippen LogP contribution in [0.15, 0.2) is 337 Å². The first-order chi connectivity index (χ1) is 51.0. The second-order valence-corrected chi connectivity index (χ2v) is 28.3. The van der Waals surface area contributed by atoms with Gasteiger partial charge in [-0.05, 0) is 138 Å². The summed E-state index contributed by atoms with van der Waals surface area (Å²) in [4.78, 5) is 25.4. The third kappa shape index (κ3) is 12.4. The molecule has 14 aromatic rings. The summed E-state index contributed by atoms with van der Waals surface area (Å²) in [5.41, 5.74) is 18.6. The summed E-state index contributed by atoms with van der Waals surface area (Å²) in [7, 11) is 0. The maximum Gasteiger partial charge on any atom is 2.00 e. The van der Waals surface area contributed by atoms with Crippen LogP contribution in [0.2, 0.25) is 40.2 Å². The van der Waals surface area contributed by atoms with Crippen molar-refractivity contribution < 1.29 is 19.5 Å². The predicted molar refractivity (Wildman–Crippen MR) is 438 cm³/mol. The van der Waals surface area contributed by atoms with E-state index >= 15 is 0 Å². The Kier molecular flexibility index (Phi) is 19.6. The number of aromatic nitrogens is 2. The molecular formula is C92H52Cl8N4Zn. The molecule has 12 aromatic carbocycles. The van der Waals surface area contributed by atoms with Crippen molar-refractivity contribution in [1.29, 1.82) is 0 Å². The topological polar surface area (TPSA) is 52.9 Å². The number of halogens is 8. The average Bonchev–Trinajstić information content (AvgIpc) is 1.55. The van der Waals surface area contributed by atoms with Crippen LogP contribution in [0.4, 0.5) is 0 Å². The van der Waals surface area contributed by atoms with Crippen LogP contribution in [0, 0.1) is 0 Å². The van der Waals surface area contributed by atoms with Crippen LogP contribution in [0.3, 0.4) is 0 Å². The number of fused-ring (bicyclic) bond motifs is 10. The van der Waals surface area contributed by atoms with Crippen LogP contribution in [0.5, 0.6) is 0 Å². The predicted octanol–water partition coefficient (Wildman–Crippen LogP) is 25.3. The number of allylic oxidation sites excluding steroid dienone is 4. The fraction of sp³-hybridized carbons (Fsp3) is 0. The van der Waals surface area contributed by atoms with Gasteiger partial charge in [-0.25, -0.2) is 9.98 Å². The Bertz CT molecular complexity index is 5670. The van der Waals surface area contributed by atoms with Crippen LogP contribution in [-0.4, -0.2) is 11.4 Å². The molecule has 0 spiro atoms. The van der Waals surface area contributed by atoms with Gasteiger partial charge in [0.1, 0.15) is 0 Å². The van der Waals surface area contributed by atoms with Crippen molar-refractivity contribution in [2.75, 3.05) is 0 Å². The van der Waals surface area contributed by atoms with Gasteiger partial charge in [-0.15, -0.1) is 22.1 Å². The third-order valence-electron chi connectivity index (χ3n) is 19.0. The number of aliphatic imine (C=N–C) groups is 2. The molecule has 4 heterocycles. The molecule has 0 unspecified atom stereocenters. The van der Waals surface area contributed by atoms with Gasteiger partial charge in [0.25, 0.3) is 0 Å². The zero-order valence-electron chi connectivity index (χ0n) is 55.5. The zero-order valence-corrected chi connectivity index (χ0v) is 64.6. The first-order valence-electron chi connectivity index (χ1n) is 33.6. The van der Waals surface area contributed by atoms with Crippen LogP contribution < -0.4 is 20.7 Å². The van der Waals surface area contributed by atoms with E-state index in [2.05, 4.69) is 97.1 Å². The van der Waals surface area contributed by atoms with Crippen molar-refractivity contribution >= 4 is 149 Å². The summed E-state index contributed by atoms with van der Waals surface area (Å²) in [6.07, 6.45) is 0. The Hall–Kier alpha value is -9.82. The van der Waals surface area contributed by atoms with Gasteiger partial charge >= 0.3 is 19.5 Å². The van der Waals surface area contributed by atoms with E-state index in [1.807, 2.05) is 218 Å². The molecule has 17 rings (SSSR count).